The van der Waals surface area contributed by atoms with Crippen molar-refractivity contribution in [2.24, 2.45) is 0 Å². The van der Waals surface area contributed by atoms with E-state index in [-0.39, 0.29) is 12.2 Å². The molecule has 0 atom stereocenters. The normalized spacial score (nSPS) is 10.2. The third-order valence-corrected chi connectivity index (χ3v) is 4.33. The molecule has 0 spiro atoms. The molecule has 1 aromatic carbocycles. The Kier molecular flexibility index (Phi) is 6.67. The van der Waals surface area contributed by atoms with Crippen LogP contribution in [0.25, 0.3) is 0 Å². The van der Waals surface area contributed by atoms with Crippen LogP contribution in [-0.2, 0) is 21.8 Å². The lowest BCUT2D eigenvalue weighted by atomic mass is 10.1. The molecule has 0 fully saturated rings. The van der Waals surface area contributed by atoms with Crippen molar-refractivity contribution in [2.45, 2.75) is 18.6 Å². The predicted molar refractivity (Wildman–Crippen MR) is 73.8 cm³/mol. The van der Waals surface area contributed by atoms with Gasteiger partial charge in [-0.2, -0.15) is 0 Å². The summed E-state index contributed by atoms with van der Waals surface area (Å²) >= 11 is 0. The van der Waals surface area contributed by atoms with Crippen LogP contribution in [0.15, 0.2) is 24.3 Å². The SMILES string of the molecule is O=C(O)CCc1ccc(CSSCC(=O)O)cc1. The van der Waals surface area contributed by atoms with Gasteiger partial charge in [-0.25, -0.2) is 0 Å². The third-order valence-electron chi connectivity index (χ3n) is 2.14. The van der Waals surface area contributed by atoms with Crippen LogP contribution in [0.3, 0.4) is 0 Å². The van der Waals surface area contributed by atoms with Crippen LogP contribution in [0, 0.1) is 0 Å². The molecule has 18 heavy (non-hydrogen) atoms. The average molecular weight is 286 g/mol. The molecule has 4 nitrogen and oxygen atoms in total. The molecule has 0 aliphatic rings. The van der Waals surface area contributed by atoms with Crippen LogP contribution in [0.1, 0.15) is 17.5 Å². The minimum absolute atomic E-state index is 0.0986. The molecule has 0 aromatic heterocycles. The zero-order valence-electron chi connectivity index (χ0n) is 9.67. The summed E-state index contributed by atoms with van der Waals surface area (Å²) in [5.74, 6) is -0.755. The third kappa shape index (κ3) is 6.56. The van der Waals surface area contributed by atoms with Gasteiger partial charge in [0.2, 0.25) is 0 Å². The smallest absolute Gasteiger partial charge is 0.314 e. The van der Waals surface area contributed by atoms with E-state index in [2.05, 4.69) is 0 Å². The number of hydrogen-bond donors (Lipinski definition) is 2. The van der Waals surface area contributed by atoms with Crippen molar-refractivity contribution in [1.82, 2.24) is 0 Å². The minimum atomic E-state index is -0.809. The van der Waals surface area contributed by atoms with Crippen molar-refractivity contribution in [3.8, 4) is 0 Å². The van der Waals surface area contributed by atoms with Crippen molar-refractivity contribution in [3.63, 3.8) is 0 Å². The topological polar surface area (TPSA) is 74.6 Å². The summed E-state index contributed by atoms with van der Waals surface area (Å²) in [5, 5.41) is 17.0. The molecule has 6 heteroatoms. The van der Waals surface area contributed by atoms with Crippen LogP contribution in [-0.4, -0.2) is 27.9 Å². The number of hydrogen-bond acceptors (Lipinski definition) is 4. The predicted octanol–water partition coefficient (Wildman–Crippen LogP) is 2.67. The molecule has 0 amide bonds. The van der Waals surface area contributed by atoms with Gasteiger partial charge in [0, 0.05) is 12.2 Å². The number of aliphatic carboxylic acids is 2. The highest BCUT2D eigenvalue weighted by molar-refractivity contribution is 8.76. The molecule has 0 saturated heterocycles. The number of carboxylic acid groups (broad SMARTS) is 2. The highest BCUT2D eigenvalue weighted by atomic mass is 33.1. The van der Waals surface area contributed by atoms with Crippen LogP contribution in [0.2, 0.25) is 0 Å². The molecule has 1 aromatic rings. The maximum atomic E-state index is 10.4. The first kappa shape index (κ1) is 14.9. The van der Waals surface area contributed by atoms with E-state index in [0.717, 1.165) is 16.9 Å². The Labute approximate surface area is 113 Å². The summed E-state index contributed by atoms with van der Waals surface area (Å²) in [6.45, 7) is 0. The summed E-state index contributed by atoms with van der Waals surface area (Å²) in [7, 11) is 2.81. The monoisotopic (exact) mass is 286 g/mol. The van der Waals surface area contributed by atoms with E-state index >= 15 is 0 Å². The Bertz CT molecular complexity index is 403. The van der Waals surface area contributed by atoms with Gasteiger partial charge in [0.1, 0.15) is 5.75 Å². The molecule has 2 N–H and O–H groups in total. The summed E-state index contributed by atoms with van der Waals surface area (Å²) in [5.41, 5.74) is 2.11. The van der Waals surface area contributed by atoms with Crippen molar-refractivity contribution in [2.75, 3.05) is 5.75 Å². The average Bonchev–Trinajstić information content (AvgIpc) is 2.33. The fraction of sp³-hybridized carbons (Fsp3) is 0.333. The maximum Gasteiger partial charge on any atom is 0.314 e. The molecule has 0 aliphatic heterocycles. The van der Waals surface area contributed by atoms with Gasteiger partial charge in [0.05, 0.1) is 0 Å². The molecular weight excluding hydrogens is 272 g/mol. The summed E-state index contributed by atoms with van der Waals surface area (Å²) in [6, 6.07) is 7.73. The molecule has 0 heterocycles. The van der Waals surface area contributed by atoms with Crippen LogP contribution in [0.4, 0.5) is 0 Å². The second-order valence-corrected chi connectivity index (χ2v) is 6.09. The van der Waals surface area contributed by atoms with Crippen molar-refractivity contribution in [1.29, 1.82) is 0 Å². The van der Waals surface area contributed by atoms with Gasteiger partial charge in [-0.15, -0.1) is 0 Å². The van der Waals surface area contributed by atoms with E-state index in [1.165, 1.54) is 21.6 Å². The van der Waals surface area contributed by atoms with Crippen molar-refractivity contribution in [3.05, 3.63) is 35.4 Å². The van der Waals surface area contributed by atoms with Gasteiger partial charge in [-0.1, -0.05) is 45.9 Å². The highest BCUT2D eigenvalue weighted by Crippen LogP contribution is 2.25. The van der Waals surface area contributed by atoms with Gasteiger partial charge in [0.15, 0.2) is 0 Å². The summed E-state index contributed by atoms with van der Waals surface area (Å²) in [4.78, 5) is 20.7. The lowest BCUT2D eigenvalue weighted by Crippen LogP contribution is -1.97. The van der Waals surface area contributed by atoms with Gasteiger partial charge in [-0.3, -0.25) is 9.59 Å². The Balaban J connectivity index is 2.31. The molecule has 0 bridgehead atoms. The Morgan fingerprint density at radius 3 is 2.11 bits per heavy atom. The largest absolute Gasteiger partial charge is 0.481 e. The fourth-order valence-corrected chi connectivity index (χ4v) is 3.06. The van der Waals surface area contributed by atoms with E-state index < -0.39 is 11.9 Å². The van der Waals surface area contributed by atoms with Gasteiger partial charge < -0.3 is 10.2 Å². The minimum Gasteiger partial charge on any atom is -0.481 e. The van der Waals surface area contributed by atoms with E-state index in [9.17, 15) is 9.59 Å². The molecule has 0 aliphatic carbocycles. The molecule has 0 saturated carbocycles. The number of carbonyl (C=O) groups is 2. The molecular formula is C12H14O4S2. The van der Waals surface area contributed by atoms with E-state index in [1.807, 2.05) is 24.3 Å². The Hall–Kier alpha value is -1.14. The Morgan fingerprint density at radius 1 is 0.944 bits per heavy atom. The molecule has 0 unspecified atom stereocenters. The quantitative estimate of drug-likeness (QED) is 0.565. The fourth-order valence-electron chi connectivity index (χ4n) is 1.26. The van der Waals surface area contributed by atoms with Crippen LogP contribution < -0.4 is 0 Å². The molecule has 1 rings (SSSR count). The standard InChI is InChI=1S/C12H14O4S2/c13-11(14)6-5-9-1-3-10(4-2-9)7-17-18-8-12(15)16/h1-4H,5-8H2,(H,13,14)(H,15,16). The summed E-state index contributed by atoms with van der Waals surface area (Å²) in [6.07, 6.45) is 0.680. The first-order chi connectivity index (χ1) is 8.58. The molecule has 98 valence electrons. The second-order valence-electron chi connectivity index (χ2n) is 3.63. The lowest BCUT2D eigenvalue weighted by Gasteiger charge is -2.02. The van der Waals surface area contributed by atoms with E-state index in [1.54, 1.807) is 0 Å². The van der Waals surface area contributed by atoms with Crippen LogP contribution >= 0.6 is 21.6 Å². The molecule has 0 radical (unpaired) electrons. The lowest BCUT2D eigenvalue weighted by molar-refractivity contribution is -0.137. The van der Waals surface area contributed by atoms with E-state index in [0.29, 0.717) is 6.42 Å². The van der Waals surface area contributed by atoms with Gasteiger partial charge in [0.25, 0.3) is 0 Å². The highest BCUT2D eigenvalue weighted by Gasteiger charge is 2.01. The zero-order chi connectivity index (χ0) is 13.4. The second kappa shape index (κ2) is 8.05. The van der Waals surface area contributed by atoms with Gasteiger partial charge >= 0.3 is 11.9 Å². The zero-order valence-corrected chi connectivity index (χ0v) is 11.3. The number of aryl methyl sites for hydroxylation is 1. The number of rotatable bonds is 8. The maximum absolute atomic E-state index is 10.4. The Morgan fingerprint density at radius 2 is 1.56 bits per heavy atom. The van der Waals surface area contributed by atoms with E-state index in [4.69, 9.17) is 10.2 Å². The number of carboxylic acids is 2. The first-order valence-corrected chi connectivity index (χ1v) is 7.82. The van der Waals surface area contributed by atoms with Crippen LogP contribution in [0.5, 0.6) is 0 Å². The number of benzene rings is 1. The van der Waals surface area contributed by atoms with Crippen molar-refractivity contribution < 1.29 is 19.8 Å². The first-order valence-electron chi connectivity index (χ1n) is 5.34. The van der Waals surface area contributed by atoms with Gasteiger partial charge in [-0.05, 0) is 17.5 Å². The summed E-state index contributed by atoms with van der Waals surface area (Å²) < 4.78 is 0. The van der Waals surface area contributed by atoms with Crippen molar-refractivity contribution >= 4 is 33.5 Å².